The Morgan fingerprint density at radius 1 is 0.962 bits per heavy atom. The first kappa shape index (κ1) is 19.5. The summed E-state index contributed by atoms with van der Waals surface area (Å²) in [7, 11) is 0. The Balaban J connectivity index is 2.07. The molecule has 5 heteroatoms. The molecule has 2 amide bonds. The van der Waals surface area contributed by atoms with Crippen LogP contribution in [-0.2, 0) is 4.79 Å². The van der Waals surface area contributed by atoms with Gasteiger partial charge in [0, 0.05) is 12.5 Å². The fourth-order valence-electron chi connectivity index (χ4n) is 2.87. The Morgan fingerprint density at radius 2 is 1.46 bits per heavy atom. The molecule has 2 aromatic rings. The van der Waals surface area contributed by atoms with Gasteiger partial charge in [-0.15, -0.1) is 0 Å². The van der Waals surface area contributed by atoms with Crippen LogP contribution in [-0.4, -0.2) is 29.7 Å². The molecule has 0 bridgehead atoms. The molecule has 0 aliphatic carbocycles. The van der Waals surface area contributed by atoms with Crippen LogP contribution >= 0.6 is 0 Å². The SMILES string of the molecule is CCC(C)C(NC(=O)NCC(c1ccccc1)c1ccccc1)C(=O)O. The molecule has 26 heavy (non-hydrogen) atoms. The van der Waals surface area contributed by atoms with Gasteiger partial charge in [0.05, 0.1) is 0 Å². The number of carbonyl (C=O) groups excluding carboxylic acids is 1. The van der Waals surface area contributed by atoms with Crippen molar-refractivity contribution in [1.29, 1.82) is 0 Å². The van der Waals surface area contributed by atoms with E-state index in [4.69, 9.17) is 0 Å². The van der Waals surface area contributed by atoms with Crippen LogP contribution in [0.5, 0.6) is 0 Å². The average molecular weight is 354 g/mol. The number of carboxylic acid groups (broad SMARTS) is 1. The van der Waals surface area contributed by atoms with E-state index in [2.05, 4.69) is 10.6 Å². The molecular weight excluding hydrogens is 328 g/mol. The van der Waals surface area contributed by atoms with Crippen LogP contribution in [0.4, 0.5) is 4.79 Å². The van der Waals surface area contributed by atoms with Crippen LogP contribution in [0.15, 0.2) is 60.7 Å². The number of amides is 2. The molecule has 0 aliphatic rings. The third-order valence-electron chi connectivity index (χ3n) is 4.64. The topological polar surface area (TPSA) is 78.4 Å². The van der Waals surface area contributed by atoms with Gasteiger partial charge in [-0.1, -0.05) is 80.9 Å². The van der Waals surface area contributed by atoms with Gasteiger partial charge in [0.2, 0.25) is 0 Å². The lowest BCUT2D eigenvalue weighted by atomic mass is 9.91. The summed E-state index contributed by atoms with van der Waals surface area (Å²) in [6.07, 6.45) is 0.675. The van der Waals surface area contributed by atoms with Crippen molar-refractivity contribution in [2.45, 2.75) is 32.2 Å². The first-order chi connectivity index (χ1) is 12.5. The van der Waals surface area contributed by atoms with Crippen LogP contribution in [0.25, 0.3) is 0 Å². The molecule has 2 atom stereocenters. The van der Waals surface area contributed by atoms with E-state index in [9.17, 15) is 14.7 Å². The van der Waals surface area contributed by atoms with Gasteiger partial charge >= 0.3 is 12.0 Å². The van der Waals surface area contributed by atoms with Crippen molar-refractivity contribution >= 4 is 12.0 Å². The van der Waals surface area contributed by atoms with Gasteiger partial charge in [-0.3, -0.25) is 0 Å². The number of nitrogens with one attached hydrogen (secondary N) is 2. The number of hydrogen-bond donors (Lipinski definition) is 3. The maximum atomic E-state index is 12.3. The van der Waals surface area contributed by atoms with Crippen molar-refractivity contribution in [1.82, 2.24) is 10.6 Å². The first-order valence-electron chi connectivity index (χ1n) is 8.90. The summed E-state index contributed by atoms with van der Waals surface area (Å²) >= 11 is 0. The highest BCUT2D eigenvalue weighted by molar-refractivity contribution is 5.82. The molecule has 0 fully saturated rings. The number of hydrogen-bond acceptors (Lipinski definition) is 2. The maximum absolute atomic E-state index is 12.3. The van der Waals surface area contributed by atoms with Crippen LogP contribution in [0.2, 0.25) is 0 Å². The van der Waals surface area contributed by atoms with E-state index in [1.165, 1.54) is 0 Å². The zero-order valence-electron chi connectivity index (χ0n) is 15.2. The maximum Gasteiger partial charge on any atom is 0.326 e. The minimum atomic E-state index is -1.02. The summed E-state index contributed by atoms with van der Waals surface area (Å²) in [5.41, 5.74) is 2.19. The van der Waals surface area contributed by atoms with Crippen molar-refractivity contribution in [3.63, 3.8) is 0 Å². The highest BCUT2D eigenvalue weighted by Gasteiger charge is 2.25. The highest BCUT2D eigenvalue weighted by Crippen LogP contribution is 2.23. The Bertz CT molecular complexity index is 664. The Kier molecular flexibility index (Phi) is 7.21. The van der Waals surface area contributed by atoms with E-state index in [0.717, 1.165) is 11.1 Å². The largest absolute Gasteiger partial charge is 0.480 e. The number of rotatable bonds is 8. The Morgan fingerprint density at radius 3 is 1.88 bits per heavy atom. The van der Waals surface area contributed by atoms with Crippen LogP contribution in [0, 0.1) is 5.92 Å². The van der Waals surface area contributed by atoms with Crippen molar-refractivity contribution < 1.29 is 14.7 Å². The van der Waals surface area contributed by atoms with Crippen LogP contribution in [0.3, 0.4) is 0 Å². The number of carboxylic acids is 1. The number of carbonyl (C=O) groups is 2. The van der Waals surface area contributed by atoms with E-state index in [-0.39, 0.29) is 11.8 Å². The predicted molar refractivity (Wildman–Crippen MR) is 102 cm³/mol. The summed E-state index contributed by atoms with van der Waals surface area (Å²) in [4.78, 5) is 23.6. The molecule has 2 rings (SSSR count). The van der Waals surface area contributed by atoms with E-state index >= 15 is 0 Å². The molecule has 0 heterocycles. The van der Waals surface area contributed by atoms with Gasteiger partial charge in [-0.25, -0.2) is 9.59 Å². The standard InChI is InChI=1S/C21H26N2O3/c1-3-15(2)19(20(24)25)23-21(26)22-14-18(16-10-6-4-7-11-16)17-12-8-5-9-13-17/h4-13,15,18-19H,3,14H2,1-2H3,(H,24,25)(H2,22,23,26). The lowest BCUT2D eigenvalue weighted by Crippen LogP contribution is -2.49. The molecule has 2 unspecified atom stereocenters. The molecule has 0 radical (unpaired) electrons. The van der Waals surface area contributed by atoms with E-state index in [1.54, 1.807) is 0 Å². The summed E-state index contributed by atoms with van der Waals surface area (Å²) in [5, 5.41) is 14.7. The molecule has 0 spiro atoms. The fraction of sp³-hybridized carbons (Fsp3) is 0.333. The summed E-state index contributed by atoms with van der Waals surface area (Å²) in [6.45, 7) is 4.10. The second kappa shape index (κ2) is 9.61. The van der Waals surface area contributed by atoms with Gasteiger partial charge in [0.25, 0.3) is 0 Å². The van der Waals surface area contributed by atoms with Gasteiger partial charge in [-0.05, 0) is 17.0 Å². The molecule has 138 valence electrons. The second-order valence-corrected chi connectivity index (χ2v) is 6.43. The second-order valence-electron chi connectivity index (χ2n) is 6.43. The normalized spacial score (nSPS) is 13.0. The third-order valence-corrected chi connectivity index (χ3v) is 4.64. The molecular formula is C21H26N2O3. The van der Waals surface area contributed by atoms with Crippen LogP contribution in [0.1, 0.15) is 37.3 Å². The Labute approximate surface area is 154 Å². The fourth-order valence-corrected chi connectivity index (χ4v) is 2.87. The number of benzene rings is 2. The summed E-state index contributed by atoms with van der Waals surface area (Å²) < 4.78 is 0. The van der Waals surface area contributed by atoms with Crippen molar-refractivity contribution in [3.8, 4) is 0 Å². The smallest absolute Gasteiger partial charge is 0.326 e. The third kappa shape index (κ3) is 5.34. The van der Waals surface area contributed by atoms with Gasteiger partial charge in [0.1, 0.15) is 6.04 Å². The molecule has 0 aliphatic heterocycles. The van der Waals surface area contributed by atoms with E-state index < -0.39 is 18.0 Å². The summed E-state index contributed by atoms with van der Waals surface area (Å²) in [6, 6.07) is 18.5. The first-order valence-corrected chi connectivity index (χ1v) is 8.90. The Hall–Kier alpha value is -2.82. The minimum Gasteiger partial charge on any atom is -0.480 e. The molecule has 0 aromatic heterocycles. The summed E-state index contributed by atoms with van der Waals surface area (Å²) in [5.74, 6) is -1.16. The van der Waals surface area contributed by atoms with Crippen LogP contribution < -0.4 is 10.6 Å². The minimum absolute atomic E-state index is 0.00460. The molecule has 5 nitrogen and oxygen atoms in total. The van der Waals surface area contributed by atoms with Gasteiger partial charge in [0.15, 0.2) is 0 Å². The molecule has 2 aromatic carbocycles. The quantitative estimate of drug-likeness (QED) is 0.677. The van der Waals surface area contributed by atoms with Gasteiger partial charge in [-0.2, -0.15) is 0 Å². The molecule has 0 saturated heterocycles. The van der Waals surface area contributed by atoms with Crippen molar-refractivity contribution in [2.75, 3.05) is 6.54 Å². The van der Waals surface area contributed by atoms with Crippen molar-refractivity contribution in [2.24, 2.45) is 5.92 Å². The van der Waals surface area contributed by atoms with Gasteiger partial charge < -0.3 is 15.7 Å². The average Bonchev–Trinajstić information content (AvgIpc) is 2.67. The zero-order chi connectivity index (χ0) is 18.9. The molecule has 3 N–H and O–H groups in total. The number of aliphatic carboxylic acids is 1. The molecule has 0 saturated carbocycles. The monoisotopic (exact) mass is 354 g/mol. The van der Waals surface area contributed by atoms with Crippen molar-refractivity contribution in [3.05, 3.63) is 71.8 Å². The zero-order valence-corrected chi connectivity index (χ0v) is 15.2. The highest BCUT2D eigenvalue weighted by atomic mass is 16.4. The lowest BCUT2D eigenvalue weighted by Gasteiger charge is -2.22. The van der Waals surface area contributed by atoms with E-state index in [1.807, 2.05) is 74.5 Å². The van der Waals surface area contributed by atoms with E-state index in [0.29, 0.717) is 13.0 Å². The lowest BCUT2D eigenvalue weighted by molar-refractivity contribution is -0.140. The predicted octanol–water partition coefficient (Wildman–Crippen LogP) is 3.62. The number of urea groups is 1.